The summed E-state index contributed by atoms with van der Waals surface area (Å²) in [4.78, 5) is 17.5. The number of fused-ring (bicyclic) bond motifs is 1. The normalized spacial score (nSPS) is 30.1. The molecule has 134 valence electrons. The van der Waals surface area contributed by atoms with Gasteiger partial charge >= 0.3 is 0 Å². The number of halogens is 2. The molecule has 2 heterocycles. The number of nitrogens with zero attached hydrogens (tertiary/aromatic N) is 2. The van der Waals surface area contributed by atoms with E-state index < -0.39 is 0 Å². The van der Waals surface area contributed by atoms with Crippen LogP contribution in [0.4, 0.5) is 5.69 Å². The third kappa shape index (κ3) is 3.54. The van der Waals surface area contributed by atoms with Gasteiger partial charge in [-0.15, -0.1) is 23.4 Å². The SMILES string of the molecule is O=C1C(N2CCN(c3ccccc3Cl)CC2)=CSC2CCC(Cl)CC12. The molecule has 0 aromatic heterocycles. The summed E-state index contributed by atoms with van der Waals surface area (Å²) in [5.41, 5.74) is 1.98. The van der Waals surface area contributed by atoms with Crippen molar-refractivity contribution in [1.29, 1.82) is 0 Å². The highest BCUT2D eigenvalue weighted by Gasteiger charge is 2.40. The number of alkyl halides is 1. The maximum atomic E-state index is 13.0. The van der Waals surface area contributed by atoms with E-state index in [0.717, 1.165) is 61.8 Å². The molecule has 6 heteroatoms. The van der Waals surface area contributed by atoms with Crippen LogP contribution in [0, 0.1) is 5.92 Å². The van der Waals surface area contributed by atoms with E-state index in [-0.39, 0.29) is 11.3 Å². The van der Waals surface area contributed by atoms with Gasteiger partial charge in [-0.25, -0.2) is 0 Å². The van der Waals surface area contributed by atoms with Crippen molar-refractivity contribution < 1.29 is 4.79 Å². The van der Waals surface area contributed by atoms with Gasteiger partial charge in [0.2, 0.25) is 0 Å². The van der Waals surface area contributed by atoms with Gasteiger partial charge in [-0.2, -0.15) is 0 Å². The van der Waals surface area contributed by atoms with E-state index in [9.17, 15) is 4.79 Å². The van der Waals surface area contributed by atoms with Crippen LogP contribution in [0.2, 0.25) is 5.02 Å². The van der Waals surface area contributed by atoms with Gasteiger partial charge in [-0.1, -0.05) is 23.7 Å². The van der Waals surface area contributed by atoms with E-state index in [0.29, 0.717) is 11.0 Å². The number of hydrogen-bond donors (Lipinski definition) is 0. The van der Waals surface area contributed by atoms with Crippen molar-refractivity contribution in [3.63, 3.8) is 0 Å². The maximum Gasteiger partial charge on any atom is 0.183 e. The molecular weight excluding hydrogens is 375 g/mol. The summed E-state index contributed by atoms with van der Waals surface area (Å²) < 4.78 is 0. The van der Waals surface area contributed by atoms with Gasteiger partial charge in [-0.3, -0.25) is 4.79 Å². The zero-order chi connectivity index (χ0) is 17.4. The minimum atomic E-state index is 0.0999. The number of thioether (sulfide) groups is 1. The van der Waals surface area contributed by atoms with Crippen molar-refractivity contribution >= 4 is 46.4 Å². The van der Waals surface area contributed by atoms with E-state index in [1.165, 1.54) is 0 Å². The molecule has 3 unspecified atom stereocenters. The third-order valence-corrected chi connectivity index (χ3v) is 7.47. The number of Topliss-reactive ketones (excluding diaryl/α,β-unsaturated/α-hetero) is 1. The minimum absolute atomic E-state index is 0.0999. The average molecular weight is 397 g/mol. The van der Waals surface area contributed by atoms with Gasteiger partial charge < -0.3 is 9.80 Å². The fraction of sp³-hybridized carbons (Fsp3) is 0.526. The standard InChI is InChI=1S/C19H22Cl2N2OS/c20-13-5-6-18-14(11-13)19(24)17(12-25-18)23-9-7-22(8-10-23)16-4-2-1-3-15(16)21/h1-4,12-14,18H,5-11H2. The Balaban J connectivity index is 1.43. The quantitative estimate of drug-likeness (QED) is 0.691. The van der Waals surface area contributed by atoms with E-state index in [1.54, 1.807) is 0 Å². The summed E-state index contributed by atoms with van der Waals surface area (Å²) >= 11 is 14.5. The summed E-state index contributed by atoms with van der Waals surface area (Å²) in [6.45, 7) is 3.46. The van der Waals surface area contributed by atoms with Crippen LogP contribution in [0.5, 0.6) is 0 Å². The summed E-state index contributed by atoms with van der Waals surface area (Å²) in [7, 11) is 0. The Hall–Kier alpha value is -0.840. The van der Waals surface area contributed by atoms with Crippen molar-refractivity contribution in [2.24, 2.45) is 5.92 Å². The monoisotopic (exact) mass is 396 g/mol. The predicted octanol–water partition coefficient (Wildman–Crippen LogP) is 4.40. The molecule has 2 aliphatic heterocycles. The highest BCUT2D eigenvalue weighted by molar-refractivity contribution is 8.02. The number of ketones is 1. The number of carbonyl (C=O) groups excluding carboxylic acids is 1. The van der Waals surface area contributed by atoms with Gasteiger partial charge in [0.25, 0.3) is 0 Å². The molecule has 0 N–H and O–H groups in total. The number of piperazine rings is 1. The second-order valence-corrected chi connectivity index (χ2v) is 9.12. The fourth-order valence-electron chi connectivity index (χ4n) is 4.06. The minimum Gasteiger partial charge on any atom is -0.367 e. The molecule has 3 nitrogen and oxygen atoms in total. The second-order valence-electron chi connectivity index (χ2n) is 6.98. The van der Waals surface area contributed by atoms with Crippen molar-refractivity contribution in [1.82, 2.24) is 4.90 Å². The number of para-hydroxylation sites is 1. The smallest absolute Gasteiger partial charge is 0.183 e. The number of rotatable bonds is 2. The van der Waals surface area contributed by atoms with Crippen molar-refractivity contribution in [3.05, 3.63) is 40.4 Å². The highest BCUT2D eigenvalue weighted by Crippen LogP contribution is 2.42. The number of carbonyl (C=O) groups is 1. The molecule has 1 saturated carbocycles. The van der Waals surface area contributed by atoms with Crippen LogP contribution < -0.4 is 4.90 Å². The fourth-order valence-corrected chi connectivity index (χ4v) is 5.90. The van der Waals surface area contributed by atoms with E-state index in [4.69, 9.17) is 23.2 Å². The molecule has 0 amide bonds. The number of benzene rings is 1. The first-order chi connectivity index (χ1) is 12.1. The number of anilines is 1. The van der Waals surface area contributed by atoms with E-state index in [1.807, 2.05) is 30.0 Å². The lowest BCUT2D eigenvalue weighted by atomic mass is 9.84. The summed E-state index contributed by atoms with van der Waals surface area (Å²) in [5, 5.41) is 3.47. The molecule has 0 bridgehead atoms. The van der Waals surface area contributed by atoms with E-state index >= 15 is 0 Å². The molecule has 1 aromatic rings. The zero-order valence-corrected chi connectivity index (χ0v) is 16.4. The molecule has 4 rings (SSSR count). The van der Waals surface area contributed by atoms with Crippen LogP contribution in [0.25, 0.3) is 0 Å². The summed E-state index contributed by atoms with van der Waals surface area (Å²) in [6, 6.07) is 7.96. The Bertz CT molecular complexity index is 688. The van der Waals surface area contributed by atoms with Gasteiger partial charge in [0.15, 0.2) is 5.78 Å². The van der Waals surface area contributed by atoms with E-state index in [2.05, 4.69) is 21.3 Å². The summed E-state index contributed by atoms with van der Waals surface area (Å²) in [6.07, 6.45) is 2.91. The lowest BCUT2D eigenvalue weighted by Gasteiger charge is -2.42. The first-order valence-electron chi connectivity index (χ1n) is 8.92. The predicted molar refractivity (Wildman–Crippen MR) is 107 cm³/mol. The van der Waals surface area contributed by atoms with Gasteiger partial charge in [0, 0.05) is 42.7 Å². The molecular formula is C19H22Cl2N2OS. The topological polar surface area (TPSA) is 23.6 Å². The van der Waals surface area contributed by atoms with Gasteiger partial charge in [-0.05, 0) is 36.8 Å². The lowest BCUT2D eigenvalue weighted by molar-refractivity contribution is -0.121. The van der Waals surface area contributed by atoms with Gasteiger partial charge in [0.05, 0.1) is 16.4 Å². The van der Waals surface area contributed by atoms with Crippen LogP contribution in [-0.4, -0.2) is 47.5 Å². The average Bonchev–Trinajstić information content (AvgIpc) is 2.63. The second kappa shape index (κ2) is 7.42. The van der Waals surface area contributed by atoms with Gasteiger partial charge in [0.1, 0.15) is 0 Å². The van der Waals surface area contributed by atoms with Crippen LogP contribution in [-0.2, 0) is 4.79 Å². The van der Waals surface area contributed by atoms with Crippen LogP contribution in [0.3, 0.4) is 0 Å². The Morgan fingerprint density at radius 1 is 1.04 bits per heavy atom. The number of hydrogen-bond acceptors (Lipinski definition) is 4. The largest absolute Gasteiger partial charge is 0.367 e. The Morgan fingerprint density at radius 2 is 1.76 bits per heavy atom. The van der Waals surface area contributed by atoms with Crippen LogP contribution >= 0.6 is 35.0 Å². The molecule has 1 aromatic carbocycles. The molecule has 0 radical (unpaired) electrons. The molecule has 0 spiro atoms. The van der Waals surface area contributed by atoms with Crippen LogP contribution in [0.15, 0.2) is 35.4 Å². The van der Waals surface area contributed by atoms with Crippen molar-refractivity contribution in [2.75, 3.05) is 31.1 Å². The molecule has 3 atom stereocenters. The molecule has 3 aliphatic rings. The summed E-state index contributed by atoms with van der Waals surface area (Å²) in [5.74, 6) is 0.406. The lowest BCUT2D eigenvalue weighted by Crippen LogP contribution is -2.49. The zero-order valence-electron chi connectivity index (χ0n) is 14.0. The number of allylic oxidation sites excluding steroid dienone is 1. The molecule has 2 fully saturated rings. The Labute approximate surface area is 163 Å². The Morgan fingerprint density at radius 3 is 2.52 bits per heavy atom. The molecule has 1 aliphatic carbocycles. The van der Waals surface area contributed by atoms with Crippen molar-refractivity contribution in [2.45, 2.75) is 29.9 Å². The maximum absolute atomic E-state index is 13.0. The highest BCUT2D eigenvalue weighted by atomic mass is 35.5. The molecule has 1 saturated heterocycles. The van der Waals surface area contributed by atoms with Crippen molar-refractivity contribution in [3.8, 4) is 0 Å². The molecule has 25 heavy (non-hydrogen) atoms. The Kier molecular flexibility index (Phi) is 5.21. The third-order valence-electron chi connectivity index (χ3n) is 5.48. The first-order valence-corrected chi connectivity index (χ1v) is 10.7. The first kappa shape index (κ1) is 17.6. The van der Waals surface area contributed by atoms with Crippen LogP contribution in [0.1, 0.15) is 19.3 Å².